The number of amides is 1. The molecule has 7 heteroatoms. The van der Waals surface area contributed by atoms with Gasteiger partial charge in [-0.3, -0.25) is 9.69 Å². The highest BCUT2D eigenvalue weighted by molar-refractivity contribution is 7.10. The average molecular weight is 463 g/mol. The molecule has 1 amide bonds. The second-order valence-electron chi connectivity index (χ2n) is 7.94. The fourth-order valence-electron chi connectivity index (χ4n) is 3.70. The van der Waals surface area contributed by atoms with E-state index in [9.17, 15) is 4.79 Å². The average Bonchev–Trinajstić information content (AvgIpc) is 3.38. The van der Waals surface area contributed by atoms with E-state index in [4.69, 9.17) is 4.74 Å². The van der Waals surface area contributed by atoms with Crippen LogP contribution in [0.3, 0.4) is 0 Å². The van der Waals surface area contributed by atoms with Gasteiger partial charge >= 0.3 is 0 Å². The lowest BCUT2D eigenvalue weighted by molar-refractivity contribution is -0.116. The van der Waals surface area contributed by atoms with E-state index < -0.39 is 0 Å². The Morgan fingerprint density at radius 1 is 1.06 bits per heavy atom. The Balaban J connectivity index is 1.10. The fourth-order valence-corrected chi connectivity index (χ4v) is 4.32. The van der Waals surface area contributed by atoms with Crippen molar-refractivity contribution in [2.75, 3.05) is 44.2 Å². The summed E-state index contributed by atoms with van der Waals surface area (Å²) < 4.78 is 5.82. The van der Waals surface area contributed by atoms with Gasteiger partial charge in [-0.2, -0.15) is 0 Å². The van der Waals surface area contributed by atoms with Gasteiger partial charge in [0.25, 0.3) is 0 Å². The second kappa shape index (κ2) is 12.2. The van der Waals surface area contributed by atoms with Crippen LogP contribution in [-0.2, 0) is 11.3 Å². The smallest absolute Gasteiger partial charge is 0.244 e. The maximum absolute atomic E-state index is 11.8. The Labute approximate surface area is 199 Å². The zero-order valence-electron chi connectivity index (χ0n) is 18.7. The zero-order valence-corrected chi connectivity index (χ0v) is 19.5. The number of nitrogens with zero attached hydrogens (tertiary/aromatic N) is 3. The molecule has 172 valence electrons. The van der Waals surface area contributed by atoms with E-state index >= 15 is 0 Å². The number of nitrogens with one attached hydrogen (secondary N) is 1. The van der Waals surface area contributed by atoms with Gasteiger partial charge in [-0.1, -0.05) is 24.3 Å². The predicted molar refractivity (Wildman–Crippen MR) is 135 cm³/mol. The Kier molecular flexibility index (Phi) is 8.49. The molecule has 0 spiro atoms. The minimum atomic E-state index is -0.0754. The van der Waals surface area contributed by atoms with Gasteiger partial charge < -0.3 is 15.0 Å². The number of ether oxygens (including phenoxy) is 1. The Morgan fingerprint density at radius 3 is 2.64 bits per heavy atom. The second-order valence-corrected chi connectivity index (χ2v) is 8.92. The normalized spacial score (nSPS) is 14.5. The number of carbonyl (C=O) groups excluding carboxylic acids is 1. The first-order chi connectivity index (χ1) is 16.3. The molecule has 0 bridgehead atoms. The van der Waals surface area contributed by atoms with Crippen LogP contribution in [0.2, 0.25) is 0 Å². The van der Waals surface area contributed by atoms with Crippen molar-refractivity contribution in [2.24, 2.45) is 0 Å². The molecule has 1 aliphatic rings. The summed E-state index contributed by atoms with van der Waals surface area (Å²) in [6, 6.07) is 18.4. The molecule has 3 aromatic rings. The zero-order chi connectivity index (χ0) is 22.7. The number of hydrogen-bond acceptors (Lipinski definition) is 6. The van der Waals surface area contributed by atoms with Gasteiger partial charge in [-0.05, 0) is 53.8 Å². The first-order valence-electron chi connectivity index (χ1n) is 11.4. The minimum absolute atomic E-state index is 0.0754. The quantitative estimate of drug-likeness (QED) is 0.364. The molecular weight excluding hydrogens is 432 g/mol. The third-order valence-corrected chi connectivity index (χ3v) is 6.34. The van der Waals surface area contributed by atoms with Gasteiger partial charge in [0.1, 0.15) is 11.6 Å². The summed E-state index contributed by atoms with van der Waals surface area (Å²) in [6.45, 7) is 6.17. The van der Waals surface area contributed by atoms with Crippen molar-refractivity contribution in [1.82, 2.24) is 15.2 Å². The Hall–Kier alpha value is -3.16. The topological polar surface area (TPSA) is 57.7 Å². The van der Waals surface area contributed by atoms with Crippen molar-refractivity contribution >= 4 is 29.1 Å². The number of rotatable bonds is 10. The van der Waals surface area contributed by atoms with Crippen LogP contribution in [0.4, 0.5) is 5.82 Å². The highest BCUT2D eigenvalue weighted by Crippen LogP contribution is 2.17. The summed E-state index contributed by atoms with van der Waals surface area (Å²) in [5.41, 5.74) is 1.29. The molecule has 0 unspecified atom stereocenters. The van der Waals surface area contributed by atoms with E-state index in [2.05, 4.69) is 38.3 Å². The number of benzene rings is 1. The van der Waals surface area contributed by atoms with E-state index in [0.29, 0.717) is 13.2 Å². The van der Waals surface area contributed by atoms with Crippen molar-refractivity contribution < 1.29 is 9.53 Å². The van der Waals surface area contributed by atoms with E-state index in [-0.39, 0.29) is 5.91 Å². The van der Waals surface area contributed by atoms with Crippen molar-refractivity contribution in [3.63, 3.8) is 0 Å². The van der Waals surface area contributed by atoms with Gasteiger partial charge in [0.15, 0.2) is 0 Å². The van der Waals surface area contributed by atoms with Gasteiger partial charge in [0.05, 0.1) is 6.61 Å². The number of anilines is 1. The van der Waals surface area contributed by atoms with E-state index in [0.717, 1.165) is 55.6 Å². The molecule has 3 heterocycles. The summed E-state index contributed by atoms with van der Waals surface area (Å²) in [5.74, 6) is 1.85. The summed E-state index contributed by atoms with van der Waals surface area (Å²) in [5, 5.41) is 4.88. The highest BCUT2D eigenvalue weighted by atomic mass is 32.1. The van der Waals surface area contributed by atoms with Crippen LogP contribution in [0, 0.1) is 0 Å². The molecule has 1 aliphatic heterocycles. The molecule has 0 atom stereocenters. The van der Waals surface area contributed by atoms with Gasteiger partial charge in [-0.25, -0.2) is 4.98 Å². The minimum Gasteiger partial charge on any atom is -0.494 e. The number of hydrogen-bond donors (Lipinski definition) is 1. The first-order valence-corrected chi connectivity index (χ1v) is 12.2. The maximum Gasteiger partial charge on any atom is 0.244 e. The van der Waals surface area contributed by atoms with E-state index in [1.165, 1.54) is 5.56 Å². The highest BCUT2D eigenvalue weighted by Gasteiger charge is 2.17. The van der Waals surface area contributed by atoms with Gasteiger partial charge in [-0.15, -0.1) is 11.3 Å². The molecule has 33 heavy (non-hydrogen) atoms. The van der Waals surface area contributed by atoms with Crippen LogP contribution in [-0.4, -0.2) is 55.1 Å². The summed E-state index contributed by atoms with van der Waals surface area (Å²) >= 11 is 1.61. The summed E-state index contributed by atoms with van der Waals surface area (Å²) in [7, 11) is 0. The summed E-state index contributed by atoms with van der Waals surface area (Å²) in [4.78, 5) is 22.2. The van der Waals surface area contributed by atoms with E-state index in [1.807, 2.05) is 54.1 Å². The lowest BCUT2D eigenvalue weighted by Gasteiger charge is -2.35. The van der Waals surface area contributed by atoms with Crippen LogP contribution in [0.5, 0.6) is 5.75 Å². The third-order valence-electron chi connectivity index (χ3n) is 5.51. The Morgan fingerprint density at radius 2 is 1.91 bits per heavy atom. The number of carbonyl (C=O) groups is 1. The van der Waals surface area contributed by atoms with Crippen molar-refractivity contribution in [1.29, 1.82) is 0 Å². The van der Waals surface area contributed by atoms with Crippen molar-refractivity contribution in [3.05, 3.63) is 82.7 Å². The number of piperazine rings is 1. The number of pyridine rings is 1. The van der Waals surface area contributed by atoms with Crippen molar-refractivity contribution in [2.45, 2.75) is 13.0 Å². The lowest BCUT2D eigenvalue weighted by atomic mass is 10.2. The van der Waals surface area contributed by atoms with Gasteiger partial charge in [0.2, 0.25) is 5.91 Å². The monoisotopic (exact) mass is 462 g/mol. The molecule has 0 saturated carbocycles. The lowest BCUT2D eigenvalue weighted by Crippen LogP contribution is -2.46. The summed E-state index contributed by atoms with van der Waals surface area (Å²) in [6.07, 6.45) is 6.02. The third kappa shape index (κ3) is 7.44. The standard InChI is InChI=1S/C26H30N4O2S/c31-26(12-11-24-5-3-20-33-24)28-14-4-19-32-23-9-7-22(8-10-23)21-29-15-17-30(18-16-29)25-6-1-2-13-27-25/h1-3,5-13,20H,4,14-19,21H2,(H,28,31). The SMILES string of the molecule is O=C(C=Cc1cccs1)NCCCOc1ccc(CN2CCN(c3ccccn3)CC2)cc1. The molecule has 1 fully saturated rings. The first kappa shape index (κ1) is 23.0. The Bertz CT molecular complexity index is 999. The largest absolute Gasteiger partial charge is 0.494 e. The molecule has 0 aliphatic carbocycles. The number of aromatic nitrogens is 1. The molecule has 4 rings (SSSR count). The van der Waals surface area contributed by atoms with Crippen LogP contribution < -0.4 is 15.0 Å². The molecule has 1 saturated heterocycles. The molecule has 1 N–H and O–H groups in total. The van der Waals surface area contributed by atoms with E-state index in [1.54, 1.807) is 17.4 Å². The van der Waals surface area contributed by atoms with Crippen LogP contribution >= 0.6 is 11.3 Å². The molecule has 0 radical (unpaired) electrons. The molecule has 6 nitrogen and oxygen atoms in total. The molecular formula is C26H30N4O2S. The van der Waals surface area contributed by atoms with Crippen LogP contribution in [0.25, 0.3) is 6.08 Å². The molecule has 2 aromatic heterocycles. The maximum atomic E-state index is 11.8. The van der Waals surface area contributed by atoms with Crippen LogP contribution in [0.1, 0.15) is 16.9 Å². The predicted octanol–water partition coefficient (Wildman–Crippen LogP) is 4.06. The van der Waals surface area contributed by atoms with Crippen LogP contribution in [0.15, 0.2) is 72.3 Å². The van der Waals surface area contributed by atoms with Gasteiger partial charge in [0, 0.05) is 56.4 Å². The molecule has 1 aromatic carbocycles. The number of thiophene rings is 1. The fraction of sp³-hybridized carbons (Fsp3) is 0.308. The van der Waals surface area contributed by atoms with Crippen molar-refractivity contribution in [3.8, 4) is 5.75 Å².